The maximum absolute atomic E-state index is 11.3. The van der Waals surface area contributed by atoms with Crippen molar-refractivity contribution in [1.29, 1.82) is 0 Å². The number of hydrogen-bond acceptors (Lipinski definition) is 1. The zero-order chi connectivity index (χ0) is 10.6. The van der Waals surface area contributed by atoms with Crippen LogP contribution in [0.15, 0.2) is 30.9 Å². The second kappa shape index (κ2) is 4.75. The van der Waals surface area contributed by atoms with E-state index < -0.39 is 0 Å². The molecular formula is C13H16O. The van der Waals surface area contributed by atoms with Crippen molar-refractivity contribution in [3.8, 4) is 0 Å². The van der Waals surface area contributed by atoms with E-state index in [1.54, 1.807) is 6.08 Å². The third kappa shape index (κ3) is 2.84. The van der Waals surface area contributed by atoms with Crippen LogP contribution in [0.25, 0.3) is 0 Å². The number of carbonyl (C=O) groups excluding carboxylic acids is 1. The number of hydrogen-bond donors (Lipinski definition) is 0. The summed E-state index contributed by atoms with van der Waals surface area (Å²) < 4.78 is 0. The van der Waals surface area contributed by atoms with Gasteiger partial charge in [-0.3, -0.25) is 4.79 Å². The van der Waals surface area contributed by atoms with Crippen molar-refractivity contribution in [2.24, 2.45) is 0 Å². The molecule has 74 valence electrons. The summed E-state index contributed by atoms with van der Waals surface area (Å²) in [6.45, 7) is 7.69. The van der Waals surface area contributed by atoms with Gasteiger partial charge < -0.3 is 0 Å². The van der Waals surface area contributed by atoms with E-state index in [-0.39, 0.29) is 5.78 Å². The Morgan fingerprint density at radius 1 is 1.36 bits per heavy atom. The molecule has 0 heterocycles. The molecule has 0 spiro atoms. The highest BCUT2D eigenvalue weighted by molar-refractivity contribution is 5.82. The Labute approximate surface area is 85.5 Å². The molecule has 0 radical (unpaired) electrons. The number of ketones is 1. The first-order valence-corrected chi connectivity index (χ1v) is 4.82. The third-order valence-corrected chi connectivity index (χ3v) is 2.34. The van der Waals surface area contributed by atoms with Crippen molar-refractivity contribution in [1.82, 2.24) is 0 Å². The number of allylic oxidation sites excluding steroid dienone is 1. The van der Waals surface area contributed by atoms with Crippen LogP contribution in [0.5, 0.6) is 0 Å². The first kappa shape index (κ1) is 10.7. The van der Waals surface area contributed by atoms with Crippen LogP contribution < -0.4 is 0 Å². The van der Waals surface area contributed by atoms with Crippen LogP contribution in [-0.2, 0) is 11.2 Å². The summed E-state index contributed by atoms with van der Waals surface area (Å²) in [6.07, 6.45) is 2.64. The lowest BCUT2D eigenvalue weighted by Gasteiger charge is -2.03. The summed E-state index contributed by atoms with van der Waals surface area (Å²) in [6, 6.07) is 6.16. The number of rotatable bonds is 4. The van der Waals surface area contributed by atoms with E-state index in [1.165, 1.54) is 11.1 Å². The molecule has 0 unspecified atom stereocenters. The van der Waals surface area contributed by atoms with Gasteiger partial charge in [0.15, 0.2) is 0 Å². The molecule has 1 aromatic carbocycles. The van der Waals surface area contributed by atoms with E-state index in [0.717, 1.165) is 5.56 Å². The molecule has 1 aromatic rings. The van der Waals surface area contributed by atoms with Crippen molar-refractivity contribution in [2.75, 3.05) is 0 Å². The summed E-state index contributed by atoms with van der Waals surface area (Å²) in [5.41, 5.74) is 3.61. The number of carbonyl (C=O) groups is 1. The third-order valence-electron chi connectivity index (χ3n) is 2.34. The molecule has 0 N–H and O–H groups in total. The summed E-state index contributed by atoms with van der Waals surface area (Å²) in [5.74, 6) is 0.225. The van der Waals surface area contributed by atoms with Crippen LogP contribution in [0.2, 0.25) is 0 Å². The Morgan fingerprint density at radius 3 is 2.64 bits per heavy atom. The van der Waals surface area contributed by atoms with E-state index in [1.807, 2.05) is 6.07 Å². The molecule has 0 bridgehead atoms. The van der Waals surface area contributed by atoms with Crippen molar-refractivity contribution in [3.63, 3.8) is 0 Å². The predicted molar refractivity (Wildman–Crippen MR) is 59.4 cm³/mol. The number of aryl methyl sites for hydroxylation is 2. The van der Waals surface area contributed by atoms with Crippen LogP contribution in [-0.4, -0.2) is 5.78 Å². The first-order chi connectivity index (χ1) is 6.63. The van der Waals surface area contributed by atoms with Gasteiger partial charge in [-0.15, -0.1) is 6.58 Å². The molecule has 0 saturated carbocycles. The van der Waals surface area contributed by atoms with Crippen LogP contribution >= 0.6 is 0 Å². The minimum Gasteiger partial charge on any atom is -0.299 e. The van der Waals surface area contributed by atoms with Gasteiger partial charge in [-0.1, -0.05) is 24.3 Å². The summed E-state index contributed by atoms with van der Waals surface area (Å²) in [5, 5.41) is 0. The molecule has 14 heavy (non-hydrogen) atoms. The standard InChI is InChI=1S/C13H16O/c1-4-5-13(14)9-12-7-6-10(2)11(3)8-12/h4,6-8H,1,5,9H2,2-3H3. The van der Waals surface area contributed by atoms with Gasteiger partial charge in [0, 0.05) is 12.8 Å². The van der Waals surface area contributed by atoms with Gasteiger partial charge in [0.2, 0.25) is 0 Å². The smallest absolute Gasteiger partial charge is 0.140 e. The normalized spacial score (nSPS) is 9.86. The van der Waals surface area contributed by atoms with Crippen molar-refractivity contribution < 1.29 is 4.79 Å². The lowest BCUT2D eigenvalue weighted by molar-refractivity contribution is -0.117. The van der Waals surface area contributed by atoms with Crippen LogP contribution in [0.3, 0.4) is 0 Å². The van der Waals surface area contributed by atoms with Crippen molar-refractivity contribution in [2.45, 2.75) is 26.7 Å². The van der Waals surface area contributed by atoms with Crippen LogP contribution in [0, 0.1) is 13.8 Å². The van der Waals surface area contributed by atoms with Gasteiger partial charge in [-0.25, -0.2) is 0 Å². The fraction of sp³-hybridized carbons (Fsp3) is 0.308. The molecule has 0 saturated heterocycles. The molecule has 0 amide bonds. The highest BCUT2D eigenvalue weighted by Gasteiger charge is 2.02. The lowest BCUT2D eigenvalue weighted by atomic mass is 10.0. The van der Waals surface area contributed by atoms with Gasteiger partial charge in [0.1, 0.15) is 5.78 Å². The summed E-state index contributed by atoms with van der Waals surface area (Å²) in [7, 11) is 0. The largest absolute Gasteiger partial charge is 0.299 e. The van der Waals surface area contributed by atoms with Crippen molar-refractivity contribution in [3.05, 3.63) is 47.5 Å². The second-order valence-corrected chi connectivity index (χ2v) is 3.63. The number of Topliss-reactive ketones (excluding diaryl/α,β-unsaturated/α-hetero) is 1. The van der Waals surface area contributed by atoms with Gasteiger partial charge in [0.05, 0.1) is 0 Å². The Kier molecular flexibility index (Phi) is 3.63. The molecule has 0 aliphatic heterocycles. The van der Waals surface area contributed by atoms with E-state index in [2.05, 4.69) is 32.6 Å². The van der Waals surface area contributed by atoms with Gasteiger partial charge in [0.25, 0.3) is 0 Å². The Balaban J connectivity index is 2.72. The van der Waals surface area contributed by atoms with Gasteiger partial charge in [-0.05, 0) is 30.5 Å². The SMILES string of the molecule is C=CCC(=O)Cc1ccc(C)c(C)c1. The topological polar surface area (TPSA) is 17.1 Å². The quantitative estimate of drug-likeness (QED) is 0.664. The van der Waals surface area contributed by atoms with E-state index in [0.29, 0.717) is 12.8 Å². The zero-order valence-electron chi connectivity index (χ0n) is 8.84. The van der Waals surface area contributed by atoms with E-state index in [9.17, 15) is 4.79 Å². The monoisotopic (exact) mass is 188 g/mol. The molecule has 1 rings (SSSR count). The molecular weight excluding hydrogens is 172 g/mol. The molecule has 0 aliphatic rings. The Morgan fingerprint density at radius 2 is 2.07 bits per heavy atom. The molecule has 0 aromatic heterocycles. The van der Waals surface area contributed by atoms with Crippen LogP contribution in [0.4, 0.5) is 0 Å². The van der Waals surface area contributed by atoms with Gasteiger partial charge >= 0.3 is 0 Å². The summed E-state index contributed by atoms with van der Waals surface area (Å²) >= 11 is 0. The first-order valence-electron chi connectivity index (χ1n) is 4.82. The second-order valence-electron chi connectivity index (χ2n) is 3.63. The van der Waals surface area contributed by atoms with E-state index >= 15 is 0 Å². The molecule has 0 fully saturated rings. The fourth-order valence-electron chi connectivity index (χ4n) is 1.37. The maximum Gasteiger partial charge on any atom is 0.140 e. The summed E-state index contributed by atoms with van der Waals surface area (Å²) in [4.78, 5) is 11.3. The maximum atomic E-state index is 11.3. The molecule has 1 heteroatoms. The van der Waals surface area contributed by atoms with Crippen molar-refractivity contribution >= 4 is 5.78 Å². The molecule has 0 atom stereocenters. The Hall–Kier alpha value is -1.37. The van der Waals surface area contributed by atoms with Gasteiger partial charge in [-0.2, -0.15) is 0 Å². The zero-order valence-corrected chi connectivity index (χ0v) is 8.84. The highest BCUT2D eigenvalue weighted by atomic mass is 16.1. The Bertz CT molecular complexity index is 350. The highest BCUT2D eigenvalue weighted by Crippen LogP contribution is 2.11. The predicted octanol–water partition coefficient (Wildman–Crippen LogP) is 2.99. The average Bonchev–Trinajstić information content (AvgIpc) is 2.12. The fourth-order valence-corrected chi connectivity index (χ4v) is 1.37. The number of benzene rings is 1. The molecule has 0 aliphatic carbocycles. The average molecular weight is 188 g/mol. The minimum absolute atomic E-state index is 0.225. The minimum atomic E-state index is 0.225. The van der Waals surface area contributed by atoms with E-state index in [4.69, 9.17) is 0 Å². The van der Waals surface area contributed by atoms with Crippen LogP contribution in [0.1, 0.15) is 23.1 Å². The molecule has 1 nitrogen and oxygen atoms in total. The lowest BCUT2D eigenvalue weighted by Crippen LogP contribution is -2.01.